The zero-order valence-corrected chi connectivity index (χ0v) is 15.4. The summed E-state index contributed by atoms with van der Waals surface area (Å²) < 4.78 is 1.78. The quantitative estimate of drug-likeness (QED) is 0.700. The molecule has 5 heteroatoms. The molecule has 0 radical (unpaired) electrons. The second kappa shape index (κ2) is 7.60. The molecular weight excluding hydrogens is 346 g/mol. The largest absolute Gasteiger partial charge is 0.299 e. The smallest absolute Gasteiger partial charge is 0.261 e. The van der Waals surface area contributed by atoms with Crippen LogP contribution in [-0.2, 0) is 13.1 Å². The van der Waals surface area contributed by atoms with E-state index in [0.29, 0.717) is 11.3 Å². The van der Waals surface area contributed by atoms with E-state index in [2.05, 4.69) is 22.0 Å². The van der Waals surface area contributed by atoms with Gasteiger partial charge >= 0.3 is 0 Å². The first-order valence-corrected chi connectivity index (χ1v) is 9.48. The van der Waals surface area contributed by atoms with Crippen LogP contribution in [0, 0.1) is 5.92 Å². The van der Waals surface area contributed by atoms with Crippen LogP contribution in [0.15, 0.2) is 59.7 Å². The van der Waals surface area contributed by atoms with Crippen LogP contribution in [0.2, 0.25) is 5.02 Å². The number of halogens is 1. The fourth-order valence-corrected chi connectivity index (χ4v) is 3.82. The van der Waals surface area contributed by atoms with Gasteiger partial charge in [-0.2, -0.15) is 0 Å². The van der Waals surface area contributed by atoms with Gasteiger partial charge in [-0.25, -0.2) is 4.98 Å². The lowest BCUT2D eigenvalue weighted by molar-refractivity contribution is 0.166. The zero-order valence-electron chi connectivity index (χ0n) is 14.6. The van der Waals surface area contributed by atoms with Gasteiger partial charge in [0, 0.05) is 18.1 Å². The third-order valence-electron chi connectivity index (χ3n) is 5.21. The van der Waals surface area contributed by atoms with Crippen molar-refractivity contribution in [2.24, 2.45) is 5.92 Å². The molecule has 1 aromatic heterocycles. The van der Waals surface area contributed by atoms with Crippen LogP contribution in [0.4, 0.5) is 0 Å². The second-order valence-corrected chi connectivity index (χ2v) is 7.50. The molecule has 1 fully saturated rings. The molecule has 0 bridgehead atoms. The first-order valence-electron chi connectivity index (χ1n) is 9.10. The van der Waals surface area contributed by atoms with E-state index in [9.17, 15) is 4.79 Å². The number of benzene rings is 2. The lowest BCUT2D eigenvalue weighted by Crippen LogP contribution is -2.36. The van der Waals surface area contributed by atoms with Crippen molar-refractivity contribution in [2.45, 2.75) is 25.9 Å². The van der Waals surface area contributed by atoms with E-state index in [1.807, 2.05) is 36.4 Å². The molecule has 1 aliphatic rings. The number of nitrogens with zero attached hydrogens (tertiary/aromatic N) is 3. The summed E-state index contributed by atoms with van der Waals surface area (Å²) in [4.78, 5) is 19.5. The van der Waals surface area contributed by atoms with E-state index in [0.717, 1.165) is 49.6 Å². The average molecular weight is 368 g/mol. The Morgan fingerprint density at radius 1 is 1.04 bits per heavy atom. The van der Waals surface area contributed by atoms with Crippen LogP contribution in [-0.4, -0.2) is 27.5 Å². The topological polar surface area (TPSA) is 38.1 Å². The van der Waals surface area contributed by atoms with Gasteiger partial charge in [0.2, 0.25) is 0 Å². The molecule has 2 aromatic carbocycles. The molecule has 4 rings (SSSR count). The molecule has 2 heterocycles. The Bertz CT molecular complexity index is 943. The van der Waals surface area contributed by atoms with E-state index < -0.39 is 0 Å². The first kappa shape index (κ1) is 17.3. The Labute approximate surface area is 158 Å². The Hall–Kier alpha value is -2.17. The Morgan fingerprint density at radius 2 is 1.77 bits per heavy atom. The van der Waals surface area contributed by atoms with E-state index in [1.165, 1.54) is 5.56 Å². The highest BCUT2D eigenvalue weighted by atomic mass is 35.5. The summed E-state index contributed by atoms with van der Waals surface area (Å²) in [6.07, 6.45) is 3.91. The number of fused-ring (bicyclic) bond motifs is 1. The van der Waals surface area contributed by atoms with Gasteiger partial charge in [0.05, 0.1) is 17.2 Å². The lowest BCUT2D eigenvalue weighted by Gasteiger charge is -2.32. The minimum atomic E-state index is 0.0687. The maximum atomic E-state index is 12.6. The van der Waals surface area contributed by atoms with Gasteiger partial charge in [-0.05, 0) is 61.7 Å². The highest BCUT2D eigenvalue weighted by Crippen LogP contribution is 2.21. The molecule has 1 aliphatic heterocycles. The van der Waals surface area contributed by atoms with Crippen LogP contribution in [0.5, 0.6) is 0 Å². The molecule has 0 unspecified atom stereocenters. The van der Waals surface area contributed by atoms with Crippen LogP contribution >= 0.6 is 11.6 Å². The van der Waals surface area contributed by atoms with Crippen molar-refractivity contribution in [3.05, 3.63) is 75.8 Å². The van der Waals surface area contributed by atoms with Crippen molar-refractivity contribution in [3.63, 3.8) is 0 Å². The highest BCUT2D eigenvalue weighted by Gasteiger charge is 2.20. The average Bonchev–Trinajstić information content (AvgIpc) is 2.67. The van der Waals surface area contributed by atoms with E-state index in [1.54, 1.807) is 10.9 Å². The molecule has 1 saturated heterocycles. The van der Waals surface area contributed by atoms with Crippen molar-refractivity contribution in [3.8, 4) is 0 Å². The third kappa shape index (κ3) is 3.81. The molecule has 3 aromatic rings. The molecule has 0 saturated carbocycles. The van der Waals surface area contributed by atoms with Gasteiger partial charge in [-0.1, -0.05) is 35.9 Å². The summed E-state index contributed by atoms with van der Waals surface area (Å²) in [5, 5.41) is 1.48. The van der Waals surface area contributed by atoms with Crippen LogP contribution < -0.4 is 5.56 Å². The Balaban J connectivity index is 1.37. The molecule has 134 valence electrons. The number of piperidine rings is 1. The maximum Gasteiger partial charge on any atom is 0.261 e. The van der Waals surface area contributed by atoms with Crippen molar-refractivity contribution in [2.75, 3.05) is 13.1 Å². The van der Waals surface area contributed by atoms with Crippen molar-refractivity contribution >= 4 is 22.5 Å². The molecule has 0 amide bonds. The number of para-hydroxylation sites is 1. The SMILES string of the molecule is O=c1c2ccccc2ncn1CC1CCN(Cc2ccc(Cl)cc2)CC1. The lowest BCUT2D eigenvalue weighted by atomic mass is 9.96. The molecule has 4 nitrogen and oxygen atoms in total. The van der Waals surface area contributed by atoms with Gasteiger partial charge in [0.15, 0.2) is 0 Å². The predicted molar refractivity (Wildman–Crippen MR) is 105 cm³/mol. The summed E-state index contributed by atoms with van der Waals surface area (Å²) >= 11 is 5.95. The minimum absolute atomic E-state index is 0.0687. The summed E-state index contributed by atoms with van der Waals surface area (Å²) in [7, 11) is 0. The van der Waals surface area contributed by atoms with Gasteiger partial charge in [-0.15, -0.1) is 0 Å². The maximum absolute atomic E-state index is 12.6. The fourth-order valence-electron chi connectivity index (χ4n) is 3.69. The van der Waals surface area contributed by atoms with Gasteiger partial charge in [-0.3, -0.25) is 14.3 Å². The molecule has 0 spiro atoms. The first-order chi connectivity index (χ1) is 12.7. The summed E-state index contributed by atoms with van der Waals surface area (Å²) in [6.45, 7) is 3.83. The minimum Gasteiger partial charge on any atom is -0.299 e. The predicted octanol–water partition coefficient (Wildman–Crippen LogP) is 3.96. The third-order valence-corrected chi connectivity index (χ3v) is 5.46. The van der Waals surface area contributed by atoms with E-state index >= 15 is 0 Å². The van der Waals surface area contributed by atoms with Crippen LogP contribution in [0.25, 0.3) is 10.9 Å². The second-order valence-electron chi connectivity index (χ2n) is 7.07. The monoisotopic (exact) mass is 367 g/mol. The zero-order chi connectivity index (χ0) is 17.9. The number of likely N-dealkylation sites (tertiary alicyclic amines) is 1. The summed E-state index contributed by atoms with van der Waals surface area (Å²) in [6, 6.07) is 15.6. The van der Waals surface area contributed by atoms with Gasteiger partial charge in [0.25, 0.3) is 5.56 Å². The molecule has 0 N–H and O–H groups in total. The summed E-state index contributed by atoms with van der Waals surface area (Å²) in [5.74, 6) is 0.525. The van der Waals surface area contributed by atoms with Crippen LogP contribution in [0.3, 0.4) is 0 Å². The standard InChI is InChI=1S/C21H22ClN3O/c22-18-7-5-16(6-8-18)13-24-11-9-17(10-12-24)14-25-15-23-20-4-2-1-3-19(20)21(25)26/h1-8,15,17H,9-14H2. The van der Waals surface area contributed by atoms with Crippen molar-refractivity contribution < 1.29 is 0 Å². The van der Waals surface area contributed by atoms with Crippen LogP contribution in [0.1, 0.15) is 18.4 Å². The van der Waals surface area contributed by atoms with Gasteiger partial charge in [0.1, 0.15) is 0 Å². The number of aromatic nitrogens is 2. The highest BCUT2D eigenvalue weighted by molar-refractivity contribution is 6.30. The Kier molecular flexibility index (Phi) is 5.05. The van der Waals surface area contributed by atoms with E-state index in [-0.39, 0.29) is 5.56 Å². The fraction of sp³-hybridized carbons (Fsp3) is 0.333. The number of hydrogen-bond acceptors (Lipinski definition) is 3. The van der Waals surface area contributed by atoms with E-state index in [4.69, 9.17) is 11.6 Å². The summed E-state index contributed by atoms with van der Waals surface area (Å²) in [5.41, 5.74) is 2.13. The van der Waals surface area contributed by atoms with Crippen molar-refractivity contribution in [1.82, 2.24) is 14.5 Å². The Morgan fingerprint density at radius 3 is 2.54 bits per heavy atom. The van der Waals surface area contributed by atoms with Crippen molar-refractivity contribution in [1.29, 1.82) is 0 Å². The molecule has 0 atom stereocenters. The number of hydrogen-bond donors (Lipinski definition) is 0. The molecule has 0 aliphatic carbocycles. The van der Waals surface area contributed by atoms with Gasteiger partial charge < -0.3 is 0 Å². The molecular formula is C21H22ClN3O. The molecule has 26 heavy (non-hydrogen) atoms. The normalized spacial score (nSPS) is 16.2. The number of rotatable bonds is 4.